The third-order valence-electron chi connectivity index (χ3n) is 7.07. The second-order valence-corrected chi connectivity index (χ2v) is 14.3. The number of ether oxygens (including phenoxy) is 5. The molecule has 0 spiro atoms. The van der Waals surface area contributed by atoms with Gasteiger partial charge in [0.05, 0.1) is 24.0 Å². The van der Waals surface area contributed by atoms with Crippen molar-refractivity contribution >= 4 is 23.7 Å². The summed E-state index contributed by atoms with van der Waals surface area (Å²) in [5.41, 5.74) is -0.488. The van der Waals surface area contributed by atoms with Crippen LogP contribution in [0.3, 0.4) is 0 Å². The Labute approximate surface area is 269 Å². The maximum Gasteiger partial charge on any atom is 0.311 e. The molecule has 1 saturated heterocycles. The van der Waals surface area contributed by atoms with Crippen LogP contribution in [-0.4, -0.2) is 48.4 Å². The van der Waals surface area contributed by atoms with E-state index >= 15 is 0 Å². The molecule has 7 nitrogen and oxygen atoms in total. The highest BCUT2D eigenvalue weighted by Crippen LogP contribution is 2.39. The van der Waals surface area contributed by atoms with E-state index in [-0.39, 0.29) is 25.6 Å². The molecule has 0 saturated carbocycles. The first kappa shape index (κ1) is 34.6. The zero-order valence-corrected chi connectivity index (χ0v) is 27.6. The van der Waals surface area contributed by atoms with E-state index in [4.69, 9.17) is 23.7 Å². The van der Waals surface area contributed by atoms with E-state index < -0.39 is 52.6 Å². The summed E-state index contributed by atoms with van der Waals surface area (Å²) >= 11 is 1.28. The number of rotatable bonds is 11. The van der Waals surface area contributed by atoms with Crippen molar-refractivity contribution in [3.63, 3.8) is 0 Å². The van der Waals surface area contributed by atoms with Crippen molar-refractivity contribution in [1.82, 2.24) is 0 Å². The van der Waals surface area contributed by atoms with Crippen LogP contribution in [0, 0.1) is 16.6 Å². The first-order valence-electron chi connectivity index (χ1n) is 15.1. The van der Waals surface area contributed by atoms with Crippen LogP contribution >= 0.6 is 11.8 Å². The number of benzene rings is 3. The summed E-state index contributed by atoms with van der Waals surface area (Å²) in [7, 11) is 0. The predicted molar refractivity (Wildman–Crippen MR) is 171 cm³/mol. The lowest BCUT2D eigenvalue weighted by molar-refractivity contribution is -0.251. The Morgan fingerprint density at radius 3 is 1.73 bits per heavy atom. The van der Waals surface area contributed by atoms with Gasteiger partial charge in [-0.2, -0.15) is 0 Å². The Hall–Kier alpha value is -3.24. The number of hydrogen-bond donors (Lipinski definition) is 0. The van der Waals surface area contributed by atoms with E-state index in [9.17, 15) is 14.0 Å². The van der Waals surface area contributed by atoms with Crippen LogP contribution < -0.4 is 0 Å². The van der Waals surface area contributed by atoms with E-state index in [1.165, 1.54) is 23.9 Å². The highest BCUT2D eigenvalue weighted by atomic mass is 32.2. The lowest BCUT2D eigenvalue weighted by Gasteiger charge is -2.46. The summed E-state index contributed by atoms with van der Waals surface area (Å²) in [5.74, 6) is -1.20. The zero-order chi connectivity index (χ0) is 32.6. The van der Waals surface area contributed by atoms with Crippen LogP contribution in [0.15, 0.2) is 89.8 Å². The van der Waals surface area contributed by atoms with Gasteiger partial charge in [0.1, 0.15) is 36.2 Å². The second kappa shape index (κ2) is 15.4. The van der Waals surface area contributed by atoms with E-state index in [0.717, 1.165) is 11.1 Å². The van der Waals surface area contributed by atoms with Crippen LogP contribution in [0.4, 0.5) is 4.39 Å². The van der Waals surface area contributed by atoms with Crippen molar-refractivity contribution in [3.05, 3.63) is 102 Å². The van der Waals surface area contributed by atoms with Gasteiger partial charge in [0.25, 0.3) is 0 Å². The van der Waals surface area contributed by atoms with Gasteiger partial charge in [-0.05, 0) is 76.9 Å². The summed E-state index contributed by atoms with van der Waals surface area (Å²) in [6.45, 7) is 11.0. The zero-order valence-electron chi connectivity index (χ0n) is 26.7. The molecule has 242 valence electrons. The number of hydrogen-bond acceptors (Lipinski definition) is 8. The molecule has 9 heteroatoms. The van der Waals surface area contributed by atoms with Crippen LogP contribution in [0.2, 0.25) is 0 Å². The summed E-state index contributed by atoms with van der Waals surface area (Å²) in [5, 5.41) is 0. The largest absolute Gasteiger partial charge is 0.462 e. The van der Waals surface area contributed by atoms with Gasteiger partial charge in [0, 0.05) is 4.90 Å². The monoisotopic (exact) mass is 638 g/mol. The number of carbonyl (C=O) groups is 2. The Bertz CT molecular complexity index is 1370. The third-order valence-corrected chi connectivity index (χ3v) is 8.23. The number of carbonyl (C=O) groups excluding carboxylic acids is 2. The van der Waals surface area contributed by atoms with Crippen molar-refractivity contribution in [2.45, 2.75) is 89.5 Å². The first-order chi connectivity index (χ1) is 21.3. The van der Waals surface area contributed by atoms with Gasteiger partial charge in [0.15, 0.2) is 6.10 Å². The molecule has 0 amide bonds. The average Bonchev–Trinajstić information content (AvgIpc) is 3.00. The number of thioether (sulfide) groups is 1. The molecule has 1 heterocycles. The van der Waals surface area contributed by atoms with Gasteiger partial charge < -0.3 is 23.7 Å². The topological polar surface area (TPSA) is 80.3 Å². The van der Waals surface area contributed by atoms with Crippen molar-refractivity contribution in [2.75, 3.05) is 6.61 Å². The molecular weight excluding hydrogens is 595 g/mol. The van der Waals surface area contributed by atoms with E-state index in [2.05, 4.69) is 0 Å². The average molecular weight is 639 g/mol. The quantitative estimate of drug-likeness (QED) is 0.202. The molecule has 0 radical (unpaired) electrons. The Morgan fingerprint density at radius 2 is 1.22 bits per heavy atom. The Balaban J connectivity index is 1.74. The summed E-state index contributed by atoms with van der Waals surface area (Å²) in [6, 6.07) is 25.3. The second-order valence-electron chi connectivity index (χ2n) is 13.1. The minimum absolute atomic E-state index is 0.110. The smallest absolute Gasteiger partial charge is 0.311 e. The Morgan fingerprint density at radius 1 is 0.711 bits per heavy atom. The molecule has 0 aromatic heterocycles. The van der Waals surface area contributed by atoms with Gasteiger partial charge in [-0.1, -0.05) is 72.4 Å². The molecule has 0 N–H and O–H groups in total. The lowest BCUT2D eigenvalue weighted by atomic mass is 9.95. The number of esters is 2. The van der Waals surface area contributed by atoms with Gasteiger partial charge in [-0.15, -0.1) is 0 Å². The van der Waals surface area contributed by atoms with Crippen molar-refractivity contribution in [1.29, 1.82) is 0 Å². The fourth-order valence-corrected chi connectivity index (χ4v) is 5.58. The standard InChI is InChI=1S/C36H43FO7S/c1-35(2,3)33(38)42-23-28-29(40-21-24-13-9-7-10-14-24)30(41-22-25-15-11-8-12-16-25)31(44-34(39)36(4,5)6)32(43-28)45-27-19-17-26(37)18-20-27/h7-20,28-32H,21-23H2,1-6H3/t28-,29-,30+,31+,32-/m1/s1. The van der Waals surface area contributed by atoms with Gasteiger partial charge in [-0.25, -0.2) is 4.39 Å². The molecule has 1 aliphatic heterocycles. The van der Waals surface area contributed by atoms with Gasteiger partial charge >= 0.3 is 11.9 Å². The fraction of sp³-hybridized carbons (Fsp3) is 0.444. The molecule has 4 rings (SSSR count). The third kappa shape index (κ3) is 10.1. The molecule has 3 aromatic rings. The van der Waals surface area contributed by atoms with Crippen LogP contribution in [-0.2, 0) is 46.5 Å². The van der Waals surface area contributed by atoms with E-state index in [1.807, 2.05) is 60.7 Å². The predicted octanol–water partition coefficient (Wildman–Crippen LogP) is 7.36. The highest BCUT2D eigenvalue weighted by molar-refractivity contribution is 7.99. The maximum absolute atomic E-state index is 13.8. The molecule has 5 atom stereocenters. The van der Waals surface area contributed by atoms with Crippen LogP contribution in [0.1, 0.15) is 52.7 Å². The first-order valence-corrected chi connectivity index (χ1v) is 16.0. The molecule has 1 fully saturated rings. The highest BCUT2D eigenvalue weighted by Gasteiger charge is 2.51. The SMILES string of the molecule is CC(C)(C)C(=O)OC[C@H]1O[C@H](Sc2ccc(F)cc2)[C@@H](OC(=O)C(C)(C)C)[C@@H](OCc2ccccc2)[C@@H]1OCc1ccccc1. The molecule has 0 bridgehead atoms. The maximum atomic E-state index is 13.8. The lowest BCUT2D eigenvalue weighted by Crippen LogP contribution is -2.61. The molecule has 0 aliphatic carbocycles. The van der Waals surface area contributed by atoms with Gasteiger partial charge in [-0.3, -0.25) is 9.59 Å². The molecular formula is C36H43FO7S. The Kier molecular flexibility index (Phi) is 11.8. The minimum atomic E-state index is -0.925. The minimum Gasteiger partial charge on any atom is -0.462 e. The summed E-state index contributed by atoms with van der Waals surface area (Å²) in [6.07, 6.45) is -3.30. The molecule has 45 heavy (non-hydrogen) atoms. The van der Waals surface area contributed by atoms with Crippen LogP contribution in [0.25, 0.3) is 0 Å². The van der Waals surface area contributed by atoms with Crippen molar-refractivity contribution in [3.8, 4) is 0 Å². The molecule has 3 aromatic carbocycles. The van der Waals surface area contributed by atoms with Crippen molar-refractivity contribution in [2.24, 2.45) is 10.8 Å². The van der Waals surface area contributed by atoms with E-state index in [0.29, 0.717) is 4.90 Å². The fourth-order valence-electron chi connectivity index (χ4n) is 4.48. The normalized spacial score (nSPS) is 22.1. The number of halogens is 1. The van der Waals surface area contributed by atoms with Gasteiger partial charge in [0.2, 0.25) is 0 Å². The summed E-state index contributed by atoms with van der Waals surface area (Å²) < 4.78 is 45.5. The molecule has 0 unspecified atom stereocenters. The van der Waals surface area contributed by atoms with Crippen molar-refractivity contribution < 1.29 is 37.7 Å². The molecule has 1 aliphatic rings. The summed E-state index contributed by atoms with van der Waals surface area (Å²) in [4.78, 5) is 26.9. The van der Waals surface area contributed by atoms with E-state index in [1.54, 1.807) is 53.7 Å². The van der Waals surface area contributed by atoms with Crippen LogP contribution in [0.5, 0.6) is 0 Å².